The molecule has 2 N–H and O–H groups in total. The van der Waals surface area contributed by atoms with E-state index in [2.05, 4.69) is 20.6 Å². The maximum Gasteiger partial charge on any atom is 0.343 e. The Morgan fingerprint density at radius 3 is 2.61 bits per heavy atom. The van der Waals surface area contributed by atoms with Crippen LogP contribution in [-0.4, -0.2) is 38.5 Å². The fourth-order valence-corrected chi connectivity index (χ4v) is 2.90. The Hall–Kier alpha value is -3.42. The van der Waals surface area contributed by atoms with Gasteiger partial charge in [-0.2, -0.15) is 10.2 Å². The molecule has 0 spiro atoms. The van der Waals surface area contributed by atoms with Gasteiger partial charge in [-0.05, 0) is 51.0 Å². The molecule has 0 bridgehead atoms. The molecule has 3 aromatic rings. The maximum absolute atomic E-state index is 12.2. The van der Waals surface area contributed by atoms with Gasteiger partial charge in [-0.15, -0.1) is 0 Å². The van der Waals surface area contributed by atoms with Gasteiger partial charge in [0, 0.05) is 12.1 Å². The summed E-state index contributed by atoms with van der Waals surface area (Å²) in [6.07, 6.45) is 2.19. The van der Waals surface area contributed by atoms with E-state index in [-0.39, 0.29) is 30.3 Å². The van der Waals surface area contributed by atoms with Crippen molar-refractivity contribution in [2.75, 3.05) is 11.9 Å². The van der Waals surface area contributed by atoms with Gasteiger partial charge in [0.25, 0.3) is 0 Å². The largest absolute Gasteiger partial charge is 0.462 e. The molecule has 0 aliphatic carbocycles. The molecule has 0 saturated heterocycles. The first-order valence-corrected chi connectivity index (χ1v) is 9.11. The molecular weight excluding hydrogens is 358 g/mol. The van der Waals surface area contributed by atoms with Crippen molar-refractivity contribution in [2.24, 2.45) is 0 Å². The predicted molar refractivity (Wildman–Crippen MR) is 105 cm³/mol. The van der Waals surface area contributed by atoms with Crippen LogP contribution in [0.4, 0.5) is 5.82 Å². The Labute approximate surface area is 162 Å². The van der Waals surface area contributed by atoms with Crippen molar-refractivity contribution in [3.05, 3.63) is 59.0 Å². The van der Waals surface area contributed by atoms with Crippen LogP contribution < -0.4 is 5.32 Å². The van der Waals surface area contributed by atoms with Crippen LogP contribution in [0, 0.1) is 13.8 Å². The number of H-pyrrole nitrogens is 1. The molecule has 2 aromatic heterocycles. The second kappa shape index (κ2) is 8.51. The molecule has 8 heteroatoms. The standard InChI is InChI=1S/C20H23N5O3/c1-4-28-20(27)17-12-21-23-19(17)22-18(26)10-7-15-5-8-16(9-6-15)25-14(3)11-13(2)24-25/h5-6,8-9,11-12H,4,7,10H2,1-3H3,(H2,21,22,23,26). The molecule has 0 radical (unpaired) electrons. The van der Waals surface area contributed by atoms with Gasteiger partial charge in [0.15, 0.2) is 0 Å². The molecule has 146 valence electrons. The zero-order valence-corrected chi connectivity index (χ0v) is 16.2. The molecular formula is C20H23N5O3. The summed E-state index contributed by atoms with van der Waals surface area (Å²) < 4.78 is 6.83. The highest BCUT2D eigenvalue weighted by molar-refractivity contribution is 5.99. The smallest absolute Gasteiger partial charge is 0.343 e. The highest BCUT2D eigenvalue weighted by atomic mass is 16.5. The zero-order chi connectivity index (χ0) is 20.1. The number of nitrogens with one attached hydrogen (secondary N) is 2. The van der Waals surface area contributed by atoms with Crippen molar-refractivity contribution in [3.63, 3.8) is 0 Å². The Morgan fingerprint density at radius 2 is 1.96 bits per heavy atom. The average Bonchev–Trinajstić information content (AvgIpc) is 3.26. The third kappa shape index (κ3) is 4.46. The SMILES string of the molecule is CCOC(=O)c1cn[nH]c1NC(=O)CCc1ccc(-n2nc(C)cc2C)cc1. The Balaban J connectivity index is 1.57. The number of amides is 1. The lowest BCUT2D eigenvalue weighted by molar-refractivity contribution is -0.116. The van der Waals surface area contributed by atoms with Gasteiger partial charge in [-0.1, -0.05) is 12.1 Å². The first-order valence-electron chi connectivity index (χ1n) is 9.11. The molecule has 28 heavy (non-hydrogen) atoms. The molecule has 1 amide bonds. The van der Waals surface area contributed by atoms with Crippen molar-refractivity contribution in [3.8, 4) is 5.69 Å². The summed E-state index contributed by atoms with van der Waals surface area (Å²) in [7, 11) is 0. The molecule has 0 aliphatic rings. The number of hydrogen-bond acceptors (Lipinski definition) is 5. The Kier molecular flexibility index (Phi) is 5.88. The highest BCUT2D eigenvalue weighted by Gasteiger charge is 2.16. The normalized spacial score (nSPS) is 10.7. The number of esters is 1. The first kappa shape index (κ1) is 19.3. The van der Waals surface area contributed by atoms with Crippen LogP contribution in [0.25, 0.3) is 5.69 Å². The van der Waals surface area contributed by atoms with E-state index >= 15 is 0 Å². The summed E-state index contributed by atoms with van der Waals surface area (Å²) >= 11 is 0. The summed E-state index contributed by atoms with van der Waals surface area (Å²) in [5.74, 6) is -0.480. The van der Waals surface area contributed by atoms with Gasteiger partial charge in [0.05, 0.1) is 24.2 Å². The fraction of sp³-hybridized carbons (Fsp3) is 0.300. The Bertz CT molecular complexity index is 972. The van der Waals surface area contributed by atoms with Crippen LogP contribution in [0.5, 0.6) is 0 Å². The van der Waals surface area contributed by atoms with Crippen LogP contribution in [-0.2, 0) is 16.0 Å². The molecule has 0 fully saturated rings. The summed E-state index contributed by atoms with van der Waals surface area (Å²) in [6, 6.07) is 9.97. The second-order valence-electron chi connectivity index (χ2n) is 6.43. The summed E-state index contributed by atoms with van der Waals surface area (Å²) in [6.45, 7) is 5.95. The Morgan fingerprint density at radius 1 is 1.21 bits per heavy atom. The maximum atomic E-state index is 12.2. The average molecular weight is 381 g/mol. The van der Waals surface area contributed by atoms with Crippen LogP contribution in [0.3, 0.4) is 0 Å². The quantitative estimate of drug-likeness (QED) is 0.613. The summed E-state index contributed by atoms with van der Waals surface area (Å²) in [4.78, 5) is 24.0. The number of ether oxygens (including phenoxy) is 1. The zero-order valence-electron chi connectivity index (χ0n) is 16.2. The predicted octanol–water partition coefficient (Wildman–Crippen LogP) is 2.96. The monoisotopic (exact) mass is 381 g/mol. The lowest BCUT2D eigenvalue weighted by atomic mass is 10.1. The number of anilines is 1. The number of carbonyl (C=O) groups is 2. The minimum atomic E-state index is -0.522. The van der Waals surface area contributed by atoms with E-state index < -0.39 is 5.97 Å². The molecule has 0 aliphatic heterocycles. The van der Waals surface area contributed by atoms with E-state index in [0.717, 1.165) is 22.6 Å². The third-order valence-corrected chi connectivity index (χ3v) is 4.23. The topological polar surface area (TPSA) is 102 Å². The molecule has 2 heterocycles. The highest BCUT2D eigenvalue weighted by Crippen LogP contribution is 2.15. The van der Waals surface area contributed by atoms with Crippen LogP contribution >= 0.6 is 0 Å². The lowest BCUT2D eigenvalue weighted by Crippen LogP contribution is -2.15. The van der Waals surface area contributed by atoms with Crippen molar-refractivity contribution in [1.29, 1.82) is 0 Å². The van der Waals surface area contributed by atoms with Gasteiger partial charge >= 0.3 is 5.97 Å². The minimum absolute atomic E-state index is 0.211. The van der Waals surface area contributed by atoms with Gasteiger partial charge in [0.2, 0.25) is 5.91 Å². The first-order chi connectivity index (χ1) is 13.5. The number of carbonyl (C=O) groups excluding carboxylic acids is 2. The fourth-order valence-electron chi connectivity index (χ4n) is 2.90. The van der Waals surface area contributed by atoms with Crippen LogP contribution in [0.15, 0.2) is 36.5 Å². The third-order valence-electron chi connectivity index (χ3n) is 4.23. The van der Waals surface area contributed by atoms with Gasteiger partial charge < -0.3 is 10.1 Å². The molecule has 8 nitrogen and oxygen atoms in total. The summed E-state index contributed by atoms with van der Waals surface area (Å²) in [5.41, 5.74) is 4.27. The van der Waals surface area contributed by atoms with Crippen molar-refractivity contribution >= 4 is 17.7 Å². The van der Waals surface area contributed by atoms with E-state index in [1.807, 2.05) is 48.9 Å². The number of benzene rings is 1. The van der Waals surface area contributed by atoms with Crippen molar-refractivity contribution < 1.29 is 14.3 Å². The number of nitrogens with zero attached hydrogens (tertiary/aromatic N) is 3. The molecule has 0 saturated carbocycles. The number of rotatable bonds is 7. The van der Waals surface area contributed by atoms with E-state index in [4.69, 9.17) is 4.74 Å². The molecule has 0 unspecified atom stereocenters. The number of aromatic nitrogens is 4. The van der Waals surface area contributed by atoms with E-state index in [9.17, 15) is 9.59 Å². The number of aromatic amines is 1. The summed E-state index contributed by atoms with van der Waals surface area (Å²) in [5, 5.41) is 13.6. The lowest BCUT2D eigenvalue weighted by Gasteiger charge is -2.07. The van der Waals surface area contributed by atoms with Crippen molar-refractivity contribution in [1.82, 2.24) is 20.0 Å². The second-order valence-corrected chi connectivity index (χ2v) is 6.43. The van der Waals surface area contributed by atoms with E-state index in [1.165, 1.54) is 6.20 Å². The number of hydrogen-bond donors (Lipinski definition) is 2. The van der Waals surface area contributed by atoms with Crippen LogP contribution in [0.1, 0.15) is 40.7 Å². The van der Waals surface area contributed by atoms with Gasteiger partial charge in [-0.3, -0.25) is 9.89 Å². The van der Waals surface area contributed by atoms with Gasteiger partial charge in [-0.25, -0.2) is 9.48 Å². The molecule has 1 aromatic carbocycles. The number of aryl methyl sites for hydroxylation is 3. The van der Waals surface area contributed by atoms with Crippen molar-refractivity contribution in [2.45, 2.75) is 33.6 Å². The van der Waals surface area contributed by atoms with E-state index in [1.54, 1.807) is 6.92 Å². The van der Waals surface area contributed by atoms with E-state index in [0.29, 0.717) is 6.42 Å². The molecule has 0 atom stereocenters. The van der Waals surface area contributed by atoms with Crippen LogP contribution in [0.2, 0.25) is 0 Å². The minimum Gasteiger partial charge on any atom is -0.462 e. The van der Waals surface area contributed by atoms with Gasteiger partial charge in [0.1, 0.15) is 11.4 Å². The molecule has 3 rings (SSSR count).